The van der Waals surface area contributed by atoms with Crippen molar-refractivity contribution in [2.24, 2.45) is 0 Å². The van der Waals surface area contributed by atoms with Crippen molar-refractivity contribution in [1.82, 2.24) is 10.5 Å². The number of hydrogen-bond donors (Lipinski definition) is 1. The van der Waals surface area contributed by atoms with Crippen LogP contribution in [0.2, 0.25) is 0 Å². The molecule has 1 aromatic carbocycles. The Morgan fingerprint density at radius 1 is 1.25 bits per heavy atom. The third-order valence-corrected chi connectivity index (χ3v) is 2.91. The fourth-order valence-corrected chi connectivity index (χ4v) is 1.67. The SMILES string of the molecule is Cc1conc1CNCc1ccc(Br)cc1. The maximum absolute atomic E-state index is 4.87. The van der Waals surface area contributed by atoms with Gasteiger partial charge in [-0.05, 0) is 24.6 Å². The van der Waals surface area contributed by atoms with Crippen LogP contribution in [0.25, 0.3) is 0 Å². The molecule has 2 rings (SSSR count). The Balaban J connectivity index is 1.84. The maximum Gasteiger partial charge on any atom is 0.127 e. The van der Waals surface area contributed by atoms with E-state index in [0.717, 1.165) is 28.8 Å². The number of aryl methyl sites for hydroxylation is 1. The summed E-state index contributed by atoms with van der Waals surface area (Å²) in [5.41, 5.74) is 3.31. The van der Waals surface area contributed by atoms with E-state index < -0.39 is 0 Å². The van der Waals surface area contributed by atoms with Gasteiger partial charge >= 0.3 is 0 Å². The molecule has 1 heterocycles. The molecule has 1 N–H and O–H groups in total. The molecule has 0 fully saturated rings. The van der Waals surface area contributed by atoms with E-state index in [1.54, 1.807) is 6.26 Å². The quantitative estimate of drug-likeness (QED) is 0.936. The summed E-state index contributed by atoms with van der Waals surface area (Å²) in [7, 11) is 0. The normalized spacial score (nSPS) is 10.6. The molecular weight excluding hydrogens is 268 g/mol. The summed E-state index contributed by atoms with van der Waals surface area (Å²) in [6, 6.07) is 8.26. The van der Waals surface area contributed by atoms with Gasteiger partial charge in [-0.15, -0.1) is 0 Å². The summed E-state index contributed by atoms with van der Waals surface area (Å²) in [5.74, 6) is 0. The van der Waals surface area contributed by atoms with Gasteiger partial charge in [0, 0.05) is 23.1 Å². The number of benzene rings is 1. The van der Waals surface area contributed by atoms with Crippen LogP contribution in [0.3, 0.4) is 0 Å². The molecule has 0 saturated carbocycles. The molecule has 0 bridgehead atoms. The average molecular weight is 281 g/mol. The first-order chi connectivity index (χ1) is 7.75. The van der Waals surface area contributed by atoms with Gasteiger partial charge in [-0.3, -0.25) is 0 Å². The number of nitrogens with one attached hydrogen (secondary N) is 1. The molecule has 0 amide bonds. The molecule has 0 saturated heterocycles. The zero-order valence-corrected chi connectivity index (χ0v) is 10.6. The van der Waals surface area contributed by atoms with E-state index in [1.807, 2.05) is 19.1 Å². The second-order valence-corrected chi connectivity index (χ2v) is 4.59. The van der Waals surface area contributed by atoms with Gasteiger partial charge in [0.2, 0.25) is 0 Å². The Bertz CT molecular complexity index is 450. The molecule has 16 heavy (non-hydrogen) atoms. The lowest BCUT2D eigenvalue weighted by atomic mass is 10.2. The van der Waals surface area contributed by atoms with E-state index in [4.69, 9.17) is 4.52 Å². The average Bonchev–Trinajstić information content (AvgIpc) is 2.68. The fraction of sp³-hybridized carbons (Fsp3) is 0.250. The van der Waals surface area contributed by atoms with Gasteiger partial charge in [-0.2, -0.15) is 0 Å². The first-order valence-corrected chi connectivity index (χ1v) is 5.90. The van der Waals surface area contributed by atoms with Gasteiger partial charge < -0.3 is 9.84 Å². The molecule has 0 unspecified atom stereocenters. The Morgan fingerprint density at radius 3 is 2.62 bits per heavy atom. The van der Waals surface area contributed by atoms with E-state index in [9.17, 15) is 0 Å². The molecule has 2 aromatic rings. The Hall–Kier alpha value is -1.13. The molecule has 4 heteroatoms. The van der Waals surface area contributed by atoms with Gasteiger partial charge in [-0.1, -0.05) is 33.2 Å². The molecule has 0 radical (unpaired) electrons. The van der Waals surface area contributed by atoms with E-state index in [-0.39, 0.29) is 0 Å². The Kier molecular flexibility index (Phi) is 3.74. The van der Waals surface area contributed by atoms with Crippen LogP contribution >= 0.6 is 15.9 Å². The van der Waals surface area contributed by atoms with E-state index in [1.165, 1.54) is 5.56 Å². The van der Waals surface area contributed by atoms with Crippen LogP contribution in [-0.2, 0) is 13.1 Å². The lowest BCUT2D eigenvalue weighted by Crippen LogP contribution is -2.13. The smallest absolute Gasteiger partial charge is 0.127 e. The molecular formula is C12H13BrN2O. The van der Waals surface area contributed by atoms with Crippen molar-refractivity contribution in [3.8, 4) is 0 Å². The van der Waals surface area contributed by atoms with Crippen LogP contribution in [0.4, 0.5) is 0 Å². The third kappa shape index (κ3) is 2.93. The molecule has 0 spiro atoms. The van der Waals surface area contributed by atoms with Crippen LogP contribution in [0.15, 0.2) is 39.5 Å². The van der Waals surface area contributed by atoms with Crippen LogP contribution < -0.4 is 5.32 Å². The maximum atomic E-state index is 4.87. The predicted octanol–water partition coefficient (Wildman–Crippen LogP) is 3.04. The van der Waals surface area contributed by atoms with Crippen molar-refractivity contribution in [2.45, 2.75) is 20.0 Å². The van der Waals surface area contributed by atoms with E-state index >= 15 is 0 Å². The highest BCUT2D eigenvalue weighted by Crippen LogP contribution is 2.10. The zero-order chi connectivity index (χ0) is 11.4. The largest absolute Gasteiger partial charge is 0.364 e. The summed E-state index contributed by atoms with van der Waals surface area (Å²) in [6.07, 6.45) is 1.66. The molecule has 0 aliphatic heterocycles. The van der Waals surface area contributed by atoms with E-state index in [0.29, 0.717) is 0 Å². The highest BCUT2D eigenvalue weighted by Gasteiger charge is 2.01. The zero-order valence-electron chi connectivity index (χ0n) is 9.03. The number of rotatable bonds is 4. The standard InChI is InChI=1S/C12H13BrN2O/c1-9-8-16-15-12(9)7-14-6-10-2-4-11(13)5-3-10/h2-5,8,14H,6-7H2,1H3. The van der Waals surface area contributed by atoms with Crippen molar-refractivity contribution in [1.29, 1.82) is 0 Å². The summed E-state index contributed by atoms with van der Waals surface area (Å²) < 4.78 is 5.97. The number of hydrogen-bond acceptors (Lipinski definition) is 3. The molecule has 84 valence electrons. The summed E-state index contributed by atoms with van der Waals surface area (Å²) in [5, 5.41) is 7.24. The third-order valence-electron chi connectivity index (χ3n) is 2.38. The van der Waals surface area contributed by atoms with Gasteiger partial charge in [0.1, 0.15) is 12.0 Å². The Labute approximate surface area is 103 Å². The van der Waals surface area contributed by atoms with Gasteiger partial charge in [0.15, 0.2) is 0 Å². The predicted molar refractivity (Wildman–Crippen MR) is 65.9 cm³/mol. The van der Waals surface area contributed by atoms with Gasteiger partial charge in [-0.25, -0.2) is 0 Å². The van der Waals surface area contributed by atoms with Crippen molar-refractivity contribution in [3.63, 3.8) is 0 Å². The molecule has 1 aromatic heterocycles. The summed E-state index contributed by atoms with van der Waals surface area (Å²) >= 11 is 3.41. The summed E-state index contributed by atoms with van der Waals surface area (Å²) in [4.78, 5) is 0. The minimum atomic E-state index is 0.735. The van der Waals surface area contributed by atoms with Crippen molar-refractivity contribution in [3.05, 3.63) is 51.8 Å². The highest BCUT2D eigenvalue weighted by molar-refractivity contribution is 9.10. The molecule has 0 aliphatic carbocycles. The topological polar surface area (TPSA) is 38.1 Å². The van der Waals surface area contributed by atoms with Gasteiger partial charge in [0.25, 0.3) is 0 Å². The van der Waals surface area contributed by atoms with Crippen LogP contribution in [0, 0.1) is 6.92 Å². The van der Waals surface area contributed by atoms with E-state index in [2.05, 4.69) is 38.5 Å². The Morgan fingerprint density at radius 2 is 2.00 bits per heavy atom. The van der Waals surface area contributed by atoms with Crippen LogP contribution in [-0.4, -0.2) is 5.16 Å². The van der Waals surface area contributed by atoms with Crippen molar-refractivity contribution < 1.29 is 4.52 Å². The first-order valence-electron chi connectivity index (χ1n) is 5.11. The minimum absolute atomic E-state index is 0.735. The number of halogens is 1. The molecule has 0 aliphatic rings. The minimum Gasteiger partial charge on any atom is -0.364 e. The number of nitrogens with zero attached hydrogens (tertiary/aromatic N) is 1. The molecule has 3 nitrogen and oxygen atoms in total. The van der Waals surface area contributed by atoms with Gasteiger partial charge in [0.05, 0.1) is 0 Å². The van der Waals surface area contributed by atoms with Crippen molar-refractivity contribution >= 4 is 15.9 Å². The second kappa shape index (κ2) is 5.27. The fourth-order valence-electron chi connectivity index (χ4n) is 1.41. The highest BCUT2D eigenvalue weighted by atomic mass is 79.9. The second-order valence-electron chi connectivity index (χ2n) is 3.67. The van der Waals surface area contributed by atoms with Crippen molar-refractivity contribution in [2.75, 3.05) is 0 Å². The first kappa shape index (κ1) is 11.4. The lowest BCUT2D eigenvalue weighted by Gasteiger charge is -2.03. The van der Waals surface area contributed by atoms with Crippen LogP contribution in [0.1, 0.15) is 16.8 Å². The van der Waals surface area contributed by atoms with Crippen LogP contribution in [0.5, 0.6) is 0 Å². The monoisotopic (exact) mass is 280 g/mol. The lowest BCUT2D eigenvalue weighted by molar-refractivity contribution is 0.408. The summed E-state index contributed by atoms with van der Waals surface area (Å²) in [6.45, 7) is 3.56. The molecule has 0 atom stereocenters. The number of aromatic nitrogens is 1.